The number of aliphatic hydroxyl groups excluding tert-OH is 1. The monoisotopic (exact) mass is 431 g/mol. The predicted molar refractivity (Wildman–Crippen MR) is 116 cm³/mol. The summed E-state index contributed by atoms with van der Waals surface area (Å²) in [5, 5.41) is 9.30. The highest BCUT2D eigenvalue weighted by Crippen LogP contribution is 2.31. The predicted octanol–water partition coefficient (Wildman–Crippen LogP) is 4.77. The molecule has 1 heterocycles. The normalized spacial score (nSPS) is 24.9. The summed E-state index contributed by atoms with van der Waals surface area (Å²) in [5.41, 5.74) is 0. The first-order chi connectivity index (χ1) is 14.1. The molecular formula is C21H41BO6P+. The molecule has 168 valence electrons. The van der Waals surface area contributed by atoms with E-state index in [9.17, 15) is 9.67 Å². The Hall–Kier alpha value is -0.0351. The maximum atomic E-state index is 11.0. The molecule has 8 heteroatoms. The van der Waals surface area contributed by atoms with Gasteiger partial charge in [-0.15, -0.1) is 9.42 Å². The van der Waals surface area contributed by atoms with E-state index in [1.807, 2.05) is 0 Å². The van der Waals surface area contributed by atoms with Crippen LogP contribution in [0.4, 0.5) is 0 Å². The topological polar surface area (TPSA) is 85.2 Å². The molecule has 1 saturated heterocycles. The summed E-state index contributed by atoms with van der Waals surface area (Å²) in [5.74, 6) is 0. The number of rotatable bonds is 19. The molecule has 1 rings (SSSR count). The SMILES string of the molecule is [B]C1OC(CO)C(O[P+](=O)O)C1OCCCCCCCCCCCCCCCC. The minimum atomic E-state index is -2.80. The Labute approximate surface area is 179 Å². The Morgan fingerprint density at radius 1 is 0.862 bits per heavy atom. The van der Waals surface area contributed by atoms with Crippen LogP contribution in [-0.2, 0) is 18.6 Å². The van der Waals surface area contributed by atoms with Gasteiger partial charge in [0.25, 0.3) is 0 Å². The van der Waals surface area contributed by atoms with E-state index in [4.69, 9.17) is 26.7 Å². The first-order valence-electron chi connectivity index (χ1n) is 11.6. The molecule has 0 spiro atoms. The number of aliphatic hydroxyl groups is 1. The first-order valence-corrected chi connectivity index (χ1v) is 12.7. The molecule has 0 saturated carbocycles. The van der Waals surface area contributed by atoms with Gasteiger partial charge in [-0.05, 0) is 6.42 Å². The molecule has 0 bridgehead atoms. The van der Waals surface area contributed by atoms with Crippen LogP contribution in [0.3, 0.4) is 0 Å². The first kappa shape index (κ1) is 27.0. The summed E-state index contributed by atoms with van der Waals surface area (Å²) in [4.78, 5) is 8.99. The molecule has 1 aliphatic rings. The summed E-state index contributed by atoms with van der Waals surface area (Å²) in [6.07, 6.45) is 15.9. The largest absolute Gasteiger partial charge is 0.695 e. The quantitative estimate of drug-likeness (QED) is 0.174. The zero-order valence-corrected chi connectivity index (χ0v) is 19.1. The van der Waals surface area contributed by atoms with Crippen molar-refractivity contribution in [1.29, 1.82) is 0 Å². The Balaban J connectivity index is 1.96. The fraction of sp³-hybridized carbons (Fsp3) is 1.00. The number of ether oxygens (including phenoxy) is 2. The lowest BCUT2D eigenvalue weighted by atomic mass is 9.93. The molecule has 1 fully saturated rings. The smallest absolute Gasteiger partial charge is 0.394 e. The van der Waals surface area contributed by atoms with E-state index in [1.165, 1.54) is 77.0 Å². The molecule has 0 amide bonds. The molecule has 5 atom stereocenters. The van der Waals surface area contributed by atoms with Gasteiger partial charge in [0, 0.05) is 17.2 Å². The highest BCUT2D eigenvalue weighted by atomic mass is 31.1. The Bertz CT molecular complexity index is 415. The van der Waals surface area contributed by atoms with Crippen LogP contribution in [0.5, 0.6) is 0 Å². The zero-order chi connectivity index (χ0) is 21.3. The third-order valence-corrected chi connectivity index (χ3v) is 5.97. The van der Waals surface area contributed by atoms with Crippen molar-refractivity contribution in [3.8, 4) is 0 Å². The maximum Gasteiger partial charge on any atom is 0.695 e. The van der Waals surface area contributed by atoms with Crippen LogP contribution in [0, 0.1) is 0 Å². The molecule has 0 aromatic rings. The van der Waals surface area contributed by atoms with E-state index < -0.39 is 32.6 Å². The highest BCUT2D eigenvalue weighted by Gasteiger charge is 2.48. The minimum absolute atomic E-state index is 0.333. The zero-order valence-electron chi connectivity index (χ0n) is 18.2. The lowest BCUT2D eigenvalue weighted by Gasteiger charge is -2.18. The van der Waals surface area contributed by atoms with Crippen LogP contribution in [0.1, 0.15) is 96.8 Å². The maximum absolute atomic E-state index is 11.0. The standard InChI is InChI=1S/C21H40BO6P/c1-2-3-4-5-6-7-8-9-10-11-12-13-14-15-16-26-20-19(28-29(24)25)18(17-23)27-21(20)22/h18-21,23H,2-17H2,1H3/p+1. The lowest BCUT2D eigenvalue weighted by molar-refractivity contribution is -0.0176. The van der Waals surface area contributed by atoms with Crippen molar-refractivity contribution < 1.29 is 28.6 Å². The van der Waals surface area contributed by atoms with Crippen LogP contribution in [-0.4, -0.2) is 55.4 Å². The number of hydrogen-bond donors (Lipinski definition) is 2. The van der Waals surface area contributed by atoms with Crippen LogP contribution in [0.25, 0.3) is 0 Å². The highest BCUT2D eigenvalue weighted by molar-refractivity contribution is 7.32. The van der Waals surface area contributed by atoms with Crippen molar-refractivity contribution in [3.05, 3.63) is 0 Å². The van der Waals surface area contributed by atoms with Gasteiger partial charge < -0.3 is 14.6 Å². The molecule has 2 radical (unpaired) electrons. The van der Waals surface area contributed by atoms with Gasteiger partial charge in [-0.2, -0.15) is 0 Å². The second-order valence-electron chi connectivity index (χ2n) is 8.06. The summed E-state index contributed by atoms with van der Waals surface area (Å²) in [6, 6.07) is -0.765. The van der Waals surface area contributed by atoms with Gasteiger partial charge in [-0.25, -0.2) is 0 Å². The second kappa shape index (κ2) is 17.6. The van der Waals surface area contributed by atoms with Crippen molar-refractivity contribution in [2.75, 3.05) is 13.2 Å². The fourth-order valence-corrected chi connectivity index (χ4v) is 4.30. The number of unbranched alkanes of at least 4 members (excludes halogenated alkanes) is 13. The molecule has 0 aliphatic carbocycles. The van der Waals surface area contributed by atoms with Crippen molar-refractivity contribution in [2.24, 2.45) is 0 Å². The van der Waals surface area contributed by atoms with Gasteiger partial charge in [0.1, 0.15) is 20.1 Å². The summed E-state index contributed by atoms with van der Waals surface area (Å²) < 4.78 is 27.0. The fourth-order valence-electron chi connectivity index (χ4n) is 3.84. The third kappa shape index (κ3) is 12.4. The Kier molecular flexibility index (Phi) is 16.4. The van der Waals surface area contributed by atoms with Crippen molar-refractivity contribution in [1.82, 2.24) is 0 Å². The van der Waals surface area contributed by atoms with Crippen LogP contribution >= 0.6 is 8.25 Å². The van der Waals surface area contributed by atoms with Gasteiger partial charge >= 0.3 is 8.25 Å². The van der Waals surface area contributed by atoms with E-state index in [0.717, 1.165) is 12.8 Å². The Morgan fingerprint density at radius 2 is 1.34 bits per heavy atom. The summed E-state index contributed by atoms with van der Waals surface area (Å²) >= 11 is 0. The van der Waals surface area contributed by atoms with Crippen LogP contribution < -0.4 is 0 Å². The average Bonchev–Trinajstić information content (AvgIpc) is 2.99. The van der Waals surface area contributed by atoms with E-state index in [-0.39, 0.29) is 6.61 Å². The third-order valence-electron chi connectivity index (χ3n) is 5.55. The molecular weight excluding hydrogens is 390 g/mol. The molecule has 6 nitrogen and oxygen atoms in total. The van der Waals surface area contributed by atoms with Crippen molar-refractivity contribution in [2.45, 2.75) is 121 Å². The minimum Gasteiger partial charge on any atom is -0.394 e. The molecule has 5 unspecified atom stereocenters. The van der Waals surface area contributed by atoms with Gasteiger partial charge in [0.05, 0.1) is 6.61 Å². The molecule has 0 aromatic carbocycles. The summed E-state index contributed by atoms with van der Waals surface area (Å²) in [6.45, 7) is 2.43. The Morgan fingerprint density at radius 3 is 1.79 bits per heavy atom. The van der Waals surface area contributed by atoms with E-state index in [1.54, 1.807) is 0 Å². The van der Waals surface area contributed by atoms with E-state index in [0.29, 0.717) is 6.61 Å². The van der Waals surface area contributed by atoms with Gasteiger partial charge in [-0.3, -0.25) is 0 Å². The van der Waals surface area contributed by atoms with Crippen molar-refractivity contribution in [3.63, 3.8) is 0 Å². The van der Waals surface area contributed by atoms with Crippen molar-refractivity contribution >= 4 is 16.1 Å². The van der Waals surface area contributed by atoms with Crippen LogP contribution in [0.2, 0.25) is 0 Å². The molecule has 29 heavy (non-hydrogen) atoms. The molecule has 0 aromatic heterocycles. The van der Waals surface area contributed by atoms with Gasteiger partial charge in [0.15, 0.2) is 6.10 Å². The average molecular weight is 431 g/mol. The van der Waals surface area contributed by atoms with Gasteiger partial charge in [0.2, 0.25) is 0 Å². The summed E-state index contributed by atoms with van der Waals surface area (Å²) in [7, 11) is 3.05. The lowest BCUT2D eigenvalue weighted by Crippen LogP contribution is -2.37. The van der Waals surface area contributed by atoms with Gasteiger partial charge in [-0.1, -0.05) is 90.4 Å². The van der Waals surface area contributed by atoms with Crippen LogP contribution in [0.15, 0.2) is 0 Å². The van der Waals surface area contributed by atoms with E-state index >= 15 is 0 Å². The molecule has 2 N–H and O–H groups in total. The number of hydrogen-bond acceptors (Lipinski definition) is 5. The molecule has 1 aliphatic heterocycles. The van der Waals surface area contributed by atoms with E-state index in [2.05, 4.69) is 6.92 Å². The second-order valence-corrected chi connectivity index (χ2v) is 8.75.